The van der Waals surface area contributed by atoms with Crippen molar-refractivity contribution in [3.63, 3.8) is 0 Å². The highest BCUT2D eigenvalue weighted by molar-refractivity contribution is 5.76. The Balaban J connectivity index is 3.42. The van der Waals surface area contributed by atoms with Crippen LogP contribution < -0.4 is 5.32 Å². The van der Waals surface area contributed by atoms with Gasteiger partial charge in [-0.3, -0.25) is 9.59 Å². The summed E-state index contributed by atoms with van der Waals surface area (Å²) in [5, 5.41) is 23.2. The zero-order valence-electron chi connectivity index (χ0n) is 51.4. The third-order valence-electron chi connectivity index (χ3n) is 15.5. The number of esters is 1. The van der Waals surface area contributed by atoms with Gasteiger partial charge >= 0.3 is 5.97 Å². The molecule has 0 aliphatic heterocycles. The van der Waals surface area contributed by atoms with Gasteiger partial charge in [-0.25, -0.2) is 0 Å². The summed E-state index contributed by atoms with van der Waals surface area (Å²) in [4.78, 5) is 24.5. The predicted molar refractivity (Wildman–Crippen MR) is 338 cm³/mol. The molecule has 0 aromatic rings. The summed E-state index contributed by atoms with van der Waals surface area (Å²) in [6.07, 6.45) is 87.2. The van der Waals surface area contributed by atoms with Crippen molar-refractivity contribution in [1.29, 1.82) is 0 Å². The first-order valence-electron chi connectivity index (χ1n) is 34.1. The molecule has 77 heavy (non-hydrogen) atoms. The molecule has 0 aromatic heterocycles. The van der Waals surface area contributed by atoms with Gasteiger partial charge in [0.25, 0.3) is 0 Å². The SMILES string of the molecule is CCCC/C=C\C/C=C\CCCCCCCC(=O)OCCCCCCCCCCC/C=C\C/C=C\CCCCCCCCCCCCCCCCCC(=O)NC(CO)C(O)/C=C/CCCCCCCCCCCCCCC. The van der Waals surface area contributed by atoms with Crippen LogP contribution in [0.15, 0.2) is 60.8 Å². The van der Waals surface area contributed by atoms with E-state index in [-0.39, 0.29) is 18.5 Å². The average molecular weight is 1080 g/mol. The van der Waals surface area contributed by atoms with Crippen LogP contribution in [0, 0.1) is 0 Å². The fourth-order valence-corrected chi connectivity index (χ4v) is 10.3. The summed E-state index contributed by atoms with van der Waals surface area (Å²) in [6, 6.07) is -0.628. The van der Waals surface area contributed by atoms with E-state index in [1.165, 1.54) is 270 Å². The normalized spacial score (nSPS) is 12.9. The number of nitrogens with one attached hydrogen (secondary N) is 1. The zero-order chi connectivity index (χ0) is 55.7. The number of ether oxygens (including phenoxy) is 1. The number of carbonyl (C=O) groups is 2. The number of hydrogen-bond acceptors (Lipinski definition) is 5. The van der Waals surface area contributed by atoms with E-state index >= 15 is 0 Å². The van der Waals surface area contributed by atoms with Gasteiger partial charge in [0.15, 0.2) is 0 Å². The maximum atomic E-state index is 12.5. The second-order valence-electron chi connectivity index (χ2n) is 23.1. The lowest BCUT2D eigenvalue weighted by Gasteiger charge is -2.20. The molecule has 0 aliphatic carbocycles. The van der Waals surface area contributed by atoms with Crippen LogP contribution in [0.5, 0.6) is 0 Å². The number of amides is 1. The van der Waals surface area contributed by atoms with E-state index in [4.69, 9.17) is 4.74 Å². The molecule has 0 spiro atoms. The van der Waals surface area contributed by atoms with E-state index in [1.54, 1.807) is 6.08 Å². The van der Waals surface area contributed by atoms with Crippen molar-refractivity contribution in [2.45, 2.75) is 366 Å². The summed E-state index contributed by atoms with van der Waals surface area (Å²) in [7, 11) is 0. The quantitative estimate of drug-likeness (QED) is 0.0320. The Morgan fingerprint density at radius 3 is 1.03 bits per heavy atom. The number of aliphatic hydroxyl groups excluding tert-OH is 2. The fourth-order valence-electron chi connectivity index (χ4n) is 10.3. The molecule has 0 fully saturated rings. The first-order chi connectivity index (χ1) is 38.0. The van der Waals surface area contributed by atoms with Gasteiger partial charge in [-0.15, -0.1) is 0 Å². The number of allylic oxidation sites excluding steroid dienone is 9. The Morgan fingerprint density at radius 2 is 0.662 bits per heavy atom. The van der Waals surface area contributed by atoms with E-state index in [1.807, 2.05) is 6.08 Å². The zero-order valence-corrected chi connectivity index (χ0v) is 51.4. The topological polar surface area (TPSA) is 95.9 Å². The van der Waals surface area contributed by atoms with Gasteiger partial charge in [0.2, 0.25) is 5.91 Å². The molecule has 0 rings (SSSR count). The minimum Gasteiger partial charge on any atom is -0.466 e. The Labute approximate surface area is 479 Å². The van der Waals surface area contributed by atoms with Crippen LogP contribution in [0.3, 0.4) is 0 Å². The molecule has 6 heteroatoms. The second kappa shape index (κ2) is 66.1. The standard InChI is InChI=1S/C71H131NO5/c1-3-5-7-9-11-13-15-17-36-39-43-47-51-55-59-63-69(74)68(67-73)72-70(75)64-60-56-52-48-44-40-37-34-32-30-28-26-24-22-20-19-21-23-25-27-29-31-33-35-38-42-46-50-54-58-62-66-77-71(76)65-61-57-53-49-45-41-18-16-14-12-10-8-6-4-2/h10,12,16,18,21,23,27,29,59,63,68-69,73-74H,3-9,11,13-15,17,19-20,22,24-26,28,30-58,60-62,64-67H2,1-2H3,(H,72,75)/b12-10-,18-16-,23-21-,29-27-,63-59+. The first-order valence-corrected chi connectivity index (χ1v) is 34.1. The third-order valence-corrected chi connectivity index (χ3v) is 15.5. The molecule has 0 heterocycles. The van der Waals surface area contributed by atoms with Gasteiger partial charge in [-0.1, -0.05) is 312 Å². The monoisotopic (exact) mass is 1080 g/mol. The Bertz CT molecular complexity index is 1340. The van der Waals surface area contributed by atoms with Crippen LogP contribution in [0.1, 0.15) is 354 Å². The van der Waals surface area contributed by atoms with E-state index < -0.39 is 12.1 Å². The van der Waals surface area contributed by atoms with Crippen LogP contribution in [0.4, 0.5) is 0 Å². The van der Waals surface area contributed by atoms with Crippen LogP contribution in [0.25, 0.3) is 0 Å². The number of aliphatic hydroxyl groups is 2. The smallest absolute Gasteiger partial charge is 0.305 e. The molecular formula is C71H131NO5. The molecule has 1 amide bonds. The van der Waals surface area contributed by atoms with Crippen molar-refractivity contribution >= 4 is 11.9 Å². The van der Waals surface area contributed by atoms with Gasteiger partial charge in [0.05, 0.1) is 25.4 Å². The van der Waals surface area contributed by atoms with Crippen molar-refractivity contribution in [3.05, 3.63) is 60.8 Å². The van der Waals surface area contributed by atoms with E-state index in [9.17, 15) is 19.8 Å². The number of hydrogen-bond donors (Lipinski definition) is 3. The van der Waals surface area contributed by atoms with Gasteiger partial charge in [0.1, 0.15) is 0 Å². The minimum absolute atomic E-state index is 0.00215. The highest BCUT2D eigenvalue weighted by Crippen LogP contribution is 2.17. The van der Waals surface area contributed by atoms with Crippen LogP contribution in [-0.4, -0.2) is 47.4 Å². The van der Waals surface area contributed by atoms with Crippen LogP contribution in [0.2, 0.25) is 0 Å². The molecule has 3 N–H and O–H groups in total. The molecule has 0 saturated carbocycles. The Hall–Kier alpha value is -2.44. The molecule has 0 bridgehead atoms. The Morgan fingerprint density at radius 1 is 0.364 bits per heavy atom. The predicted octanol–water partition coefficient (Wildman–Crippen LogP) is 21.9. The summed E-state index contributed by atoms with van der Waals surface area (Å²) in [6.45, 7) is 4.87. The Kier molecular flexibility index (Phi) is 64.0. The lowest BCUT2D eigenvalue weighted by Crippen LogP contribution is -2.45. The van der Waals surface area contributed by atoms with Gasteiger partial charge < -0.3 is 20.3 Å². The number of rotatable bonds is 63. The van der Waals surface area contributed by atoms with Gasteiger partial charge in [-0.2, -0.15) is 0 Å². The minimum atomic E-state index is -0.845. The molecule has 0 aliphatic rings. The lowest BCUT2D eigenvalue weighted by atomic mass is 10.0. The summed E-state index contributed by atoms with van der Waals surface area (Å²) in [5.74, 6) is -0.0685. The molecule has 2 unspecified atom stereocenters. The molecule has 2 atom stereocenters. The summed E-state index contributed by atoms with van der Waals surface area (Å²) in [5.41, 5.74) is 0. The summed E-state index contributed by atoms with van der Waals surface area (Å²) >= 11 is 0. The van der Waals surface area contributed by atoms with Crippen molar-refractivity contribution in [2.24, 2.45) is 0 Å². The van der Waals surface area contributed by atoms with Crippen molar-refractivity contribution in [3.8, 4) is 0 Å². The number of carbonyl (C=O) groups excluding carboxylic acids is 2. The van der Waals surface area contributed by atoms with Crippen molar-refractivity contribution < 1.29 is 24.5 Å². The second-order valence-corrected chi connectivity index (χ2v) is 23.1. The number of unbranched alkanes of at least 4 members (excludes halogenated alkanes) is 44. The van der Waals surface area contributed by atoms with Crippen LogP contribution in [-0.2, 0) is 14.3 Å². The first kappa shape index (κ1) is 74.6. The molecular weight excluding hydrogens is 947 g/mol. The molecule has 6 nitrogen and oxygen atoms in total. The van der Waals surface area contributed by atoms with E-state index in [0.717, 1.165) is 57.8 Å². The molecule has 0 saturated heterocycles. The molecule has 0 aromatic carbocycles. The van der Waals surface area contributed by atoms with Gasteiger partial charge in [-0.05, 0) is 89.9 Å². The molecule has 450 valence electrons. The fraction of sp³-hybridized carbons (Fsp3) is 0.831. The van der Waals surface area contributed by atoms with Crippen LogP contribution >= 0.6 is 0 Å². The highest BCUT2D eigenvalue weighted by atomic mass is 16.5. The van der Waals surface area contributed by atoms with E-state index in [0.29, 0.717) is 19.4 Å². The van der Waals surface area contributed by atoms with Gasteiger partial charge in [0, 0.05) is 12.8 Å². The van der Waals surface area contributed by atoms with E-state index in [2.05, 4.69) is 67.8 Å². The van der Waals surface area contributed by atoms with Crippen molar-refractivity contribution in [1.82, 2.24) is 5.32 Å². The largest absolute Gasteiger partial charge is 0.466 e. The lowest BCUT2D eigenvalue weighted by molar-refractivity contribution is -0.143. The maximum Gasteiger partial charge on any atom is 0.305 e. The summed E-state index contributed by atoms with van der Waals surface area (Å²) < 4.78 is 5.47. The maximum absolute atomic E-state index is 12.5. The highest BCUT2D eigenvalue weighted by Gasteiger charge is 2.18. The third kappa shape index (κ3) is 62.6. The van der Waals surface area contributed by atoms with Crippen molar-refractivity contribution in [2.75, 3.05) is 13.2 Å². The average Bonchev–Trinajstić information content (AvgIpc) is 3.43. The molecule has 0 radical (unpaired) electrons.